The minimum Gasteiger partial charge on any atom is -0.394 e. The maximum Gasteiger partial charge on any atom is 0.187 e. The molecule has 1 aliphatic rings. The topological polar surface area (TPSA) is 119 Å². The molecule has 102 valence electrons. The molecule has 4 N–H and O–H groups in total. The van der Waals surface area contributed by atoms with E-state index in [-0.39, 0.29) is 6.61 Å². The predicted octanol–water partition coefficient (Wildman–Crippen LogP) is -0.188. The van der Waals surface area contributed by atoms with Crippen LogP contribution in [0, 0.1) is 0 Å². The normalized spacial score (nSPS) is 27.2. The molecule has 0 radical (unpaired) electrons. The second-order valence-electron chi connectivity index (χ2n) is 4.31. The summed E-state index contributed by atoms with van der Waals surface area (Å²) >= 11 is 3.39. The Hall–Kier alpha value is -1.29. The van der Waals surface area contributed by atoms with Gasteiger partial charge >= 0.3 is 0 Å². The molecule has 1 saturated heterocycles. The van der Waals surface area contributed by atoms with Gasteiger partial charge in [-0.1, -0.05) is 0 Å². The molecule has 0 aromatic carbocycles. The van der Waals surface area contributed by atoms with Gasteiger partial charge < -0.3 is 20.7 Å². The second kappa shape index (κ2) is 4.67. The van der Waals surface area contributed by atoms with E-state index in [1.807, 2.05) is 0 Å². The zero-order valence-electron chi connectivity index (χ0n) is 9.77. The number of ether oxygens (including phenoxy) is 1. The van der Waals surface area contributed by atoms with Gasteiger partial charge in [0.05, 0.1) is 18.1 Å². The molecule has 3 heterocycles. The number of halogens is 1. The zero-order chi connectivity index (χ0) is 13.6. The Kier molecular flexibility index (Phi) is 3.13. The molecule has 9 heteroatoms. The Labute approximate surface area is 116 Å². The van der Waals surface area contributed by atoms with Crippen molar-refractivity contribution in [3.63, 3.8) is 0 Å². The van der Waals surface area contributed by atoms with Crippen molar-refractivity contribution in [2.24, 2.45) is 0 Å². The molecule has 1 aliphatic heterocycles. The summed E-state index contributed by atoms with van der Waals surface area (Å²) in [6.07, 6.45) is -0.131. The van der Waals surface area contributed by atoms with Gasteiger partial charge in [0.2, 0.25) is 0 Å². The fourth-order valence-electron chi connectivity index (χ4n) is 2.14. The largest absolute Gasteiger partial charge is 0.394 e. The van der Waals surface area contributed by atoms with E-state index in [0.717, 1.165) is 0 Å². The van der Waals surface area contributed by atoms with E-state index in [0.29, 0.717) is 27.9 Å². The van der Waals surface area contributed by atoms with Gasteiger partial charge in [0.15, 0.2) is 11.9 Å². The number of nitrogens with two attached hydrogens (primary N) is 1. The van der Waals surface area contributed by atoms with Crippen molar-refractivity contribution in [3.05, 3.63) is 10.9 Å². The molecule has 0 unspecified atom stereocenters. The summed E-state index contributed by atoms with van der Waals surface area (Å²) in [5, 5.41) is 23.7. The summed E-state index contributed by atoms with van der Waals surface area (Å²) < 4.78 is 7.68. The number of fused-ring (bicyclic) bond motifs is 1. The number of anilines is 1. The first-order chi connectivity index (χ1) is 9.11. The van der Waals surface area contributed by atoms with Gasteiger partial charge in [-0.15, -0.1) is 5.10 Å². The van der Waals surface area contributed by atoms with Gasteiger partial charge in [-0.25, -0.2) is 14.6 Å². The van der Waals surface area contributed by atoms with E-state index in [4.69, 9.17) is 15.6 Å². The predicted molar refractivity (Wildman–Crippen MR) is 69.1 cm³/mol. The summed E-state index contributed by atoms with van der Waals surface area (Å²) in [6.45, 7) is -0.238. The molecule has 0 aliphatic carbocycles. The number of hydrogen-bond donors (Lipinski definition) is 3. The molecular formula is C10H12BrN5O3. The van der Waals surface area contributed by atoms with Crippen LogP contribution < -0.4 is 5.73 Å². The number of rotatable bonds is 2. The molecule has 3 rings (SSSR count). The Morgan fingerprint density at radius 2 is 2.32 bits per heavy atom. The van der Waals surface area contributed by atoms with Crippen LogP contribution in [0.4, 0.5) is 5.82 Å². The molecule has 2 aromatic heterocycles. The fraction of sp³-hybridized carbons (Fsp3) is 0.500. The number of nitrogen functional groups attached to an aromatic ring is 1. The zero-order valence-corrected chi connectivity index (χ0v) is 11.4. The first-order valence-corrected chi connectivity index (χ1v) is 6.49. The first-order valence-electron chi connectivity index (χ1n) is 5.70. The Bertz CT molecular complexity index is 618. The van der Waals surface area contributed by atoms with E-state index in [1.54, 1.807) is 4.68 Å². The van der Waals surface area contributed by atoms with Crippen LogP contribution >= 0.6 is 15.9 Å². The van der Waals surface area contributed by atoms with E-state index in [1.165, 1.54) is 6.33 Å². The van der Waals surface area contributed by atoms with E-state index < -0.39 is 18.4 Å². The maximum atomic E-state index is 9.75. The average Bonchev–Trinajstić information content (AvgIpc) is 2.91. The molecule has 0 spiro atoms. The number of hydrogen-bond acceptors (Lipinski definition) is 7. The van der Waals surface area contributed by atoms with Crippen LogP contribution in [0.15, 0.2) is 10.9 Å². The Morgan fingerprint density at radius 3 is 2.95 bits per heavy atom. The monoisotopic (exact) mass is 329 g/mol. The van der Waals surface area contributed by atoms with E-state index in [2.05, 4.69) is 31.0 Å². The fourth-order valence-corrected chi connectivity index (χ4v) is 2.83. The molecule has 0 bridgehead atoms. The van der Waals surface area contributed by atoms with Gasteiger partial charge in [-0.05, 0) is 15.9 Å². The summed E-state index contributed by atoms with van der Waals surface area (Å²) in [5.41, 5.74) is 6.23. The minimum absolute atomic E-state index is 0.238. The van der Waals surface area contributed by atoms with Gasteiger partial charge in [-0.3, -0.25) is 0 Å². The molecular weight excluding hydrogens is 318 g/mol. The van der Waals surface area contributed by atoms with E-state index in [9.17, 15) is 5.11 Å². The van der Waals surface area contributed by atoms with E-state index >= 15 is 0 Å². The van der Waals surface area contributed by atoms with Crippen molar-refractivity contribution in [2.75, 3.05) is 12.3 Å². The highest BCUT2D eigenvalue weighted by Crippen LogP contribution is 2.34. The van der Waals surface area contributed by atoms with Crippen LogP contribution in [0.3, 0.4) is 0 Å². The third-order valence-corrected chi connectivity index (χ3v) is 3.88. The smallest absolute Gasteiger partial charge is 0.187 e. The summed E-state index contributed by atoms with van der Waals surface area (Å²) in [5.74, 6) is 0.320. The number of aromatic nitrogens is 4. The third kappa shape index (κ3) is 1.98. The first kappa shape index (κ1) is 12.7. The number of aliphatic hydroxyl groups is 2. The lowest BCUT2D eigenvalue weighted by Gasteiger charge is -2.13. The maximum absolute atomic E-state index is 9.75. The van der Waals surface area contributed by atoms with Crippen LogP contribution in [0.25, 0.3) is 11.0 Å². The standard InChI is InChI=1S/C10H12BrN5O3/c11-8-7-9(12)13-3-14-10(7)15-16(8)6-1-4(18)5(2-17)19-6/h3-6,17-18H,1-2H2,(H2,12,13,14,15)/t4-,5+,6+/m0/s1. The Balaban J connectivity index is 2.03. The highest BCUT2D eigenvalue weighted by atomic mass is 79.9. The molecule has 19 heavy (non-hydrogen) atoms. The SMILES string of the molecule is Nc1ncnc2nn([C@H]3C[C@H](O)[C@@H](CO)O3)c(Br)c12. The van der Waals surface area contributed by atoms with Crippen molar-refractivity contribution < 1.29 is 14.9 Å². The van der Waals surface area contributed by atoms with Crippen molar-refractivity contribution in [1.82, 2.24) is 19.7 Å². The highest BCUT2D eigenvalue weighted by Gasteiger charge is 2.36. The number of nitrogens with zero attached hydrogens (tertiary/aromatic N) is 4. The molecule has 1 fully saturated rings. The highest BCUT2D eigenvalue weighted by molar-refractivity contribution is 9.10. The van der Waals surface area contributed by atoms with Gasteiger partial charge in [-0.2, -0.15) is 0 Å². The lowest BCUT2D eigenvalue weighted by Crippen LogP contribution is -2.24. The quantitative estimate of drug-likeness (QED) is 0.698. The average molecular weight is 330 g/mol. The minimum atomic E-state index is -0.724. The van der Waals surface area contributed by atoms with Crippen molar-refractivity contribution >= 4 is 32.8 Å². The van der Waals surface area contributed by atoms with Crippen molar-refractivity contribution in [3.8, 4) is 0 Å². The molecule has 0 amide bonds. The molecule has 8 nitrogen and oxygen atoms in total. The lowest BCUT2D eigenvalue weighted by molar-refractivity contribution is -0.0489. The third-order valence-electron chi connectivity index (χ3n) is 3.12. The van der Waals surface area contributed by atoms with Crippen LogP contribution in [0.5, 0.6) is 0 Å². The van der Waals surface area contributed by atoms with Gasteiger partial charge in [0.25, 0.3) is 0 Å². The lowest BCUT2D eigenvalue weighted by atomic mass is 10.2. The molecule has 0 saturated carbocycles. The van der Waals surface area contributed by atoms with Gasteiger partial charge in [0, 0.05) is 6.42 Å². The molecule has 2 aromatic rings. The number of aliphatic hydroxyl groups excluding tert-OH is 2. The van der Waals surface area contributed by atoms with Crippen LogP contribution in [0.1, 0.15) is 12.6 Å². The Morgan fingerprint density at radius 1 is 1.53 bits per heavy atom. The van der Waals surface area contributed by atoms with Crippen LogP contribution in [-0.2, 0) is 4.74 Å². The van der Waals surface area contributed by atoms with Crippen molar-refractivity contribution in [1.29, 1.82) is 0 Å². The summed E-state index contributed by atoms with van der Waals surface area (Å²) in [6, 6.07) is 0. The summed E-state index contributed by atoms with van der Waals surface area (Å²) in [7, 11) is 0. The molecule has 3 atom stereocenters. The summed E-state index contributed by atoms with van der Waals surface area (Å²) in [4.78, 5) is 7.94. The van der Waals surface area contributed by atoms with Gasteiger partial charge in [0.1, 0.15) is 22.9 Å². The van der Waals surface area contributed by atoms with Crippen LogP contribution in [0.2, 0.25) is 0 Å². The van der Waals surface area contributed by atoms with Crippen molar-refractivity contribution in [2.45, 2.75) is 24.9 Å². The van der Waals surface area contributed by atoms with Crippen LogP contribution in [-0.4, -0.2) is 48.8 Å². The second-order valence-corrected chi connectivity index (χ2v) is 5.06.